The van der Waals surface area contributed by atoms with Gasteiger partial charge in [-0.2, -0.15) is 10.4 Å². The number of aryl methyl sites for hydroxylation is 1. The fourth-order valence-corrected chi connectivity index (χ4v) is 4.03. The second kappa shape index (κ2) is 9.41. The summed E-state index contributed by atoms with van der Waals surface area (Å²) in [5, 5.41) is 30.0. The van der Waals surface area contributed by atoms with Crippen LogP contribution in [0.5, 0.6) is 5.75 Å². The first-order chi connectivity index (χ1) is 17.1. The van der Waals surface area contributed by atoms with Crippen LogP contribution >= 0.6 is 0 Å². The topological polar surface area (TPSA) is 152 Å². The van der Waals surface area contributed by atoms with Gasteiger partial charge in [-0.25, -0.2) is 13.8 Å². The van der Waals surface area contributed by atoms with Gasteiger partial charge in [0.1, 0.15) is 17.8 Å². The Bertz CT molecular complexity index is 1550. The molecule has 0 saturated heterocycles. The van der Waals surface area contributed by atoms with Gasteiger partial charge >= 0.3 is 0 Å². The lowest BCUT2D eigenvalue weighted by atomic mass is 9.80. The molecule has 3 heterocycles. The van der Waals surface area contributed by atoms with Crippen LogP contribution in [0.3, 0.4) is 0 Å². The normalized spacial score (nSPS) is 12.7. The smallest absolute Gasteiger partial charge is 0.296 e. The van der Waals surface area contributed by atoms with E-state index in [-0.39, 0.29) is 22.6 Å². The Kier molecular flexibility index (Phi) is 6.35. The van der Waals surface area contributed by atoms with E-state index >= 15 is 0 Å². The Balaban J connectivity index is 1.89. The van der Waals surface area contributed by atoms with Crippen molar-refractivity contribution in [3.8, 4) is 11.8 Å². The van der Waals surface area contributed by atoms with Crippen LogP contribution in [0.2, 0.25) is 0 Å². The van der Waals surface area contributed by atoms with Gasteiger partial charge in [0.05, 0.1) is 24.0 Å². The van der Waals surface area contributed by atoms with Crippen LogP contribution in [0, 0.1) is 23.0 Å². The highest BCUT2D eigenvalue weighted by molar-refractivity contribution is 6.04. The number of carbonyl (C=O) groups is 1. The number of rotatable bonds is 6. The SMILES string of the molecule is C[C@@H](c1nc(C(=O)Nc2cnoc2)c(O)c(=O)n1C)[C@H](c1cnn(C)c1)c1cc(F)c(F)cc1C#N. The van der Waals surface area contributed by atoms with Gasteiger partial charge in [0.15, 0.2) is 17.3 Å². The standard InChI is InChI=1S/C23H19F2N7O4/c1-11(18(13-7-27-31(2)9-13)15-5-17(25)16(24)4-12(15)6-26)21-30-19(20(33)23(35)32(21)3)22(34)29-14-8-28-36-10-14/h4-5,7-11,18,33H,1-3H3,(H,29,34)/t11-,18-/m1/s1. The molecule has 0 aliphatic carbocycles. The van der Waals surface area contributed by atoms with Crippen molar-refractivity contribution in [2.45, 2.75) is 18.8 Å². The van der Waals surface area contributed by atoms with Crippen molar-refractivity contribution in [3.05, 3.63) is 87.2 Å². The molecule has 4 rings (SSSR count). The van der Waals surface area contributed by atoms with Crippen LogP contribution in [-0.2, 0) is 14.1 Å². The van der Waals surface area contributed by atoms with Gasteiger partial charge in [0.2, 0.25) is 5.75 Å². The molecule has 0 radical (unpaired) electrons. The fraction of sp³-hybridized carbons (Fsp3) is 0.217. The summed E-state index contributed by atoms with van der Waals surface area (Å²) in [7, 11) is 3.00. The largest absolute Gasteiger partial charge is 0.501 e. The third kappa shape index (κ3) is 4.31. The van der Waals surface area contributed by atoms with E-state index < -0.39 is 46.4 Å². The van der Waals surface area contributed by atoms with Gasteiger partial charge in [-0.3, -0.25) is 18.8 Å². The van der Waals surface area contributed by atoms with Crippen molar-refractivity contribution >= 4 is 11.6 Å². The van der Waals surface area contributed by atoms with E-state index in [0.29, 0.717) is 5.56 Å². The number of aromatic hydroxyl groups is 1. The molecule has 13 heteroatoms. The van der Waals surface area contributed by atoms with E-state index in [1.165, 1.54) is 24.1 Å². The molecule has 1 aromatic carbocycles. The van der Waals surface area contributed by atoms with Crippen LogP contribution in [0.4, 0.5) is 14.5 Å². The number of carbonyl (C=O) groups excluding carboxylic acids is 1. The average molecular weight is 495 g/mol. The molecular weight excluding hydrogens is 476 g/mol. The number of anilines is 1. The molecule has 36 heavy (non-hydrogen) atoms. The molecule has 2 atom stereocenters. The second-order valence-electron chi connectivity index (χ2n) is 8.08. The Morgan fingerprint density at radius 3 is 2.58 bits per heavy atom. The van der Waals surface area contributed by atoms with Crippen LogP contribution in [0.1, 0.15) is 51.8 Å². The quantitative estimate of drug-likeness (QED) is 0.414. The van der Waals surface area contributed by atoms with Gasteiger partial charge in [-0.1, -0.05) is 12.1 Å². The summed E-state index contributed by atoms with van der Waals surface area (Å²) in [4.78, 5) is 29.9. The number of amides is 1. The maximum Gasteiger partial charge on any atom is 0.296 e. The van der Waals surface area contributed by atoms with E-state index in [2.05, 4.69) is 25.1 Å². The molecule has 3 aromatic heterocycles. The van der Waals surface area contributed by atoms with Gasteiger partial charge in [0.25, 0.3) is 11.5 Å². The minimum absolute atomic E-state index is 0.0377. The minimum atomic E-state index is -1.18. The fourth-order valence-electron chi connectivity index (χ4n) is 4.03. The first kappa shape index (κ1) is 24.3. The Labute approximate surface area is 202 Å². The lowest BCUT2D eigenvalue weighted by Gasteiger charge is -2.26. The van der Waals surface area contributed by atoms with Crippen molar-refractivity contribution in [2.24, 2.45) is 14.1 Å². The summed E-state index contributed by atoms with van der Waals surface area (Å²) in [6.45, 7) is 1.64. The van der Waals surface area contributed by atoms with Crippen molar-refractivity contribution in [2.75, 3.05) is 5.32 Å². The van der Waals surface area contributed by atoms with Crippen molar-refractivity contribution in [1.82, 2.24) is 24.5 Å². The Hall–Kier alpha value is -4.86. The lowest BCUT2D eigenvalue weighted by Crippen LogP contribution is -2.29. The molecule has 184 valence electrons. The summed E-state index contributed by atoms with van der Waals surface area (Å²) in [5.41, 5.74) is -0.760. The van der Waals surface area contributed by atoms with Gasteiger partial charge in [0, 0.05) is 32.1 Å². The zero-order valence-corrected chi connectivity index (χ0v) is 19.2. The van der Waals surface area contributed by atoms with E-state index in [9.17, 15) is 28.7 Å². The number of aromatic nitrogens is 5. The lowest BCUT2D eigenvalue weighted by molar-refractivity contribution is 0.101. The maximum atomic E-state index is 14.3. The number of nitrogens with zero attached hydrogens (tertiary/aromatic N) is 6. The third-order valence-corrected chi connectivity index (χ3v) is 5.75. The van der Waals surface area contributed by atoms with Crippen LogP contribution < -0.4 is 10.9 Å². The highest BCUT2D eigenvalue weighted by atomic mass is 19.2. The zero-order valence-electron chi connectivity index (χ0n) is 19.2. The van der Waals surface area contributed by atoms with Crippen molar-refractivity contribution in [1.29, 1.82) is 5.26 Å². The van der Waals surface area contributed by atoms with Crippen LogP contribution in [0.15, 0.2) is 46.3 Å². The molecule has 4 aromatic rings. The van der Waals surface area contributed by atoms with Crippen molar-refractivity contribution in [3.63, 3.8) is 0 Å². The molecule has 0 fully saturated rings. The number of hydrogen-bond acceptors (Lipinski definition) is 8. The summed E-state index contributed by atoms with van der Waals surface area (Å²) in [6.07, 6.45) is 5.47. The van der Waals surface area contributed by atoms with Crippen molar-refractivity contribution < 1.29 is 23.2 Å². The second-order valence-corrected chi connectivity index (χ2v) is 8.08. The monoisotopic (exact) mass is 495 g/mol. The Morgan fingerprint density at radius 1 is 1.25 bits per heavy atom. The van der Waals surface area contributed by atoms with Gasteiger partial charge in [-0.15, -0.1) is 0 Å². The first-order valence-electron chi connectivity index (χ1n) is 10.5. The van der Waals surface area contributed by atoms with E-state index in [4.69, 9.17) is 0 Å². The maximum absolute atomic E-state index is 14.3. The Morgan fingerprint density at radius 2 is 1.97 bits per heavy atom. The molecule has 0 spiro atoms. The van der Waals surface area contributed by atoms with Gasteiger partial charge in [-0.05, 0) is 23.3 Å². The molecule has 0 aliphatic heterocycles. The van der Waals surface area contributed by atoms with E-state index in [1.807, 2.05) is 6.07 Å². The summed E-state index contributed by atoms with van der Waals surface area (Å²) in [6, 6.07) is 3.59. The van der Waals surface area contributed by atoms with Gasteiger partial charge < -0.3 is 14.9 Å². The molecule has 0 unspecified atom stereocenters. The minimum Gasteiger partial charge on any atom is -0.501 e. The van der Waals surface area contributed by atoms with E-state index in [0.717, 1.165) is 23.0 Å². The van der Waals surface area contributed by atoms with Crippen LogP contribution in [0.25, 0.3) is 0 Å². The highest BCUT2D eigenvalue weighted by Gasteiger charge is 2.32. The number of halogens is 2. The first-order valence-corrected chi connectivity index (χ1v) is 10.5. The molecule has 0 bridgehead atoms. The highest BCUT2D eigenvalue weighted by Crippen LogP contribution is 2.39. The predicted molar refractivity (Wildman–Crippen MR) is 120 cm³/mol. The van der Waals surface area contributed by atoms with Crippen LogP contribution in [-0.4, -0.2) is 35.5 Å². The summed E-state index contributed by atoms with van der Waals surface area (Å²) >= 11 is 0. The molecule has 0 aliphatic rings. The summed E-state index contributed by atoms with van der Waals surface area (Å²) in [5.74, 6) is -5.71. The molecular formula is C23H19F2N7O4. The number of hydrogen-bond donors (Lipinski definition) is 2. The predicted octanol–water partition coefficient (Wildman–Crippen LogP) is 2.55. The molecule has 0 saturated carbocycles. The molecule has 1 amide bonds. The number of nitriles is 1. The average Bonchev–Trinajstić information content (AvgIpc) is 3.51. The zero-order chi connectivity index (χ0) is 26.1. The molecule has 2 N–H and O–H groups in total. The number of nitrogens with one attached hydrogen (secondary N) is 1. The summed E-state index contributed by atoms with van der Waals surface area (Å²) < 4.78 is 35.4. The third-order valence-electron chi connectivity index (χ3n) is 5.75. The number of benzene rings is 1. The molecule has 11 nitrogen and oxygen atoms in total. The van der Waals surface area contributed by atoms with E-state index in [1.54, 1.807) is 20.2 Å².